The second-order valence-corrected chi connectivity index (χ2v) is 6.82. The third kappa shape index (κ3) is 4.80. The molecule has 1 saturated heterocycles. The third-order valence-corrected chi connectivity index (χ3v) is 5.15. The molecule has 1 N–H and O–H groups in total. The first-order chi connectivity index (χ1) is 10.2. The predicted molar refractivity (Wildman–Crippen MR) is 86.7 cm³/mol. The standard InChI is InChI=1S/C16H26N2O2S/c1-3-15(19)17-16(13-20-2)7-10-18(11-8-16)9-6-14-5-4-12-21-14/h4-5,12H,3,6-11,13H2,1-2H3,(H,17,19). The molecule has 0 aromatic carbocycles. The van der Waals surface area contributed by atoms with Crippen LogP contribution in [0.4, 0.5) is 0 Å². The van der Waals surface area contributed by atoms with Gasteiger partial charge in [-0.1, -0.05) is 13.0 Å². The number of hydrogen-bond acceptors (Lipinski definition) is 4. The van der Waals surface area contributed by atoms with Gasteiger partial charge in [-0.05, 0) is 30.7 Å². The van der Waals surface area contributed by atoms with Crippen LogP contribution < -0.4 is 5.32 Å². The molecule has 0 radical (unpaired) electrons. The minimum absolute atomic E-state index is 0.124. The van der Waals surface area contributed by atoms with Crippen molar-refractivity contribution in [3.8, 4) is 0 Å². The highest BCUT2D eigenvalue weighted by atomic mass is 32.1. The predicted octanol–water partition coefficient (Wildman–Crippen LogP) is 2.30. The molecule has 2 rings (SSSR count). The second kappa shape index (κ2) is 7.92. The van der Waals surface area contributed by atoms with Crippen molar-refractivity contribution in [1.82, 2.24) is 10.2 Å². The molecular formula is C16H26N2O2S. The molecule has 1 aliphatic heterocycles. The molecule has 1 amide bonds. The number of thiophene rings is 1. The summed E-state index contributed by atoms with van der Waals surface area (Å²) in [5.74, 6) is 0.124. The minimum Gasteiger partial charge on any atom is -0.382 e. The van der Waals surface area contributed by atoms with Gasteiger partial charge in [-0.25, -0.2) is 0 Å². The molecule has 1 aromatic rings. The van der Waals surface area contributed by atoms with Gasteiger partial charge in [0.15, 0.2) is 0 Å². The number of amides is 1. The lowest BCUT2D eigenvalue weighted by molar-refractivity contribution is -0.124. The van der Waals surface area contributed by atoms with Gasteiger partial charge in [0.2, 0.25) is 5.91 Å². The van der Waals surface area contributed by atoms with Crippen LogP contribution in [0.5, 0.6) is 0 Å². The first-order valence-electron chi connectivity index (χ1n) is 7.72. The Morgan fingerprint density at radius 1 is 1.48 bits per heavy atom. The highest BCUT2D eigenvalue weighted by Gasteiger charge is 2.35. The van der Waals surface area contributed by atoms with E-state index in [0.29, 0.717) is 13.0 Å². The van der Waals surface area contributed by atoms with Gasteiger partial charge < -0.3 is 15.0 Å². The Kier molecular flexibility index (Phi) is 6.21. The van der Waals surface area contributed by atoms with Crippen LogP contribution in [0, 0.1) is 0 Å². The van der Waals surface area contributed by atoms with Crippen LogP contribution >= 0.6 is 11.3 Å². The fourth-order valence-electron chi connectivity index (χ4n) is 2.89. The number of rotatable bonds is 7. The zero-order chi connectivity index (χ0) is 15.1. The van der Waals surface area contributed by atoms with E-state index in [1.807, 2.05) is 18.3 Å². The fraction of sp³-hybridized carbons (Fsp3) is 0.688. The van der Waals surface area contributed by atoms with Crippen LogP contribution in [0.3, 0.4) is 0 Å². The number of likely N-dealkylation sites (tertiary alicyclic amines) is 1. The van der Waals surface area contributed by atoms with E-state index in [-0.39, 0.29) is 11.4 Å². The molecule has 0 atom stereocenters. The van der Waals surface area contributed by atoms with Gasteiger partial charge in [0, 0.05) is 38.0 Å². The highest BCUT2D eigenvalue weighted by Crippen LogP contribution is 2.23. The Balaban J connectivity index is 1.82. The van der Waals surface area contributed by atoms with Crippen molar-refractivity contribution in [2.24, 2.45) is 0 Å². The third-order valence-electron chi connectivity index (χ3n) is 4.21. The van der Waals surface area contributed by atoms with Gasteiger partial charge in [0.05, 0.1) is 12.1 Å². The average Bonchev–Trinajstić information content (AvgIpc) is 3.00. The van der Waals surface area contributed by atoms with E-state index in [0.717, 1.165) is 38.9 Å². The summed E-state index contributed by atoms with van der Waals surface area (Å²) < 4.78 is 5.35. The molecule has 0 aliphatic carbocycles. The molecule has 0 spiro atoms. The maximum absolute atomic E-state index is 11.7. The quantitative estimate of drug-likeness (QED) is 0.840. The molecule has 1 aliphatic rings. The number of ether oxygens (including phenoxy) is 1. The van der Waals surface area contributed by atoms with Crippen LogP contribution in [0.2, 0.25) is 0 Å². The summed E-state index contributed by atoms with van der Waals surface area (Å²) in [6.07, 6.45) is 3.60. The van der Waals surface area contributed by atoms with E-state index < -0.39 is 0 Å². The summed E-state index contributed by atoms with van der Waals surface area (Å²) in [5, 5.41) is 5.32. The lowest BCUT2D eigenvalue weighted by Crippen LogP contribution is -2.57. The summed E-state index contributed by atoms with van der Waals surface area (Å²) in [6, 6.07) is 4.31. The smallest absolute Gasteiger partial charge is 0.220 e. The molecule has 1 aromatic heterocycles. The van der Waals surface area contributed by atoms with Crippen molar-refractivity contribution in [2.45, 2.75) is 38.1 Å². The van der Waals surface area contributed by atoms with Crippen molar-refractivity contribution in [1.29, 1.82) is 0 Å². The van der Waals surface area contributed by atoms with Crippen LogP contribution in [-0.4, -0.2) is 49.7 Å². The molecule has 21 heavy (non-hydrogen) atoms. The topological polar surface area (TPSA) is 41.6 Å². The van der Waals surface area contributed by atoms with Crippen molar-refractivity contribution in [3.63, 3.8) is 0 Å². The number of nitrogens with zero attached hydrogens (tertiary/aromatic N) is 1. The summed E-state index contributed by atoms with van der Waals surface area (Å²) in [5.41, 5.74) is -0.165. The number of carbonyl (C=O) groups is 1. The van der Waals surface area contributed by atoms with E-state index in [2.05, 4.69) is 27.7 Å². The van der Waals surface area contributed by atoms with Gasteiger partial charge >= 0.3 is 0 Å². The highest BCUT2D eigenvalue weighted by molar-refractivity contribution is 7.09. The lowest BCUT2D eigenvalue weighted by atomic mass is 9.88. The summed E-state index contributed by atoms with van der Waals surface area (Å²) in [6.45, 7) is 5.66. The van der Waals surface area contributed by atoms with Crippen LogP contribution in [0.25, 0.3) is 0 Å². The minimum atomic E-state index is -0.165. The molecule has 5 heteroatoms. The van der Waals surface area contributed by atoms with Crippen molar-refractivity contribution >= 4 is 17.2 Å². The second-order valence-electron chi connectivity index (χ2n) is 5.79. The number of nitrogens with one attached hydrogen (secondary N) is 1. The van der Waals surface area contributed by atoms with Crippen molar-refractivity contribution < 1.29 is 9.53 Å². The maximum atomic E-state index is 11.7. The molecular weight excluding hydrogens is 284 g/mol. The van der Waals surface area contributed by atoms with Gasteiger partial charge in [-0.2, -0.15) is 0 Å². The normalized spacial score (nSPS) is 18.6. The molecule has 1 fully saturated rings. The lowest BCUT2D eigenvalue weighted by Gasteiger charge is -2.42. The SMILES string of the molecule is CCC(=O)NC1(COC)CCN(CCc2cccs2)CC1. The number of hydrogen-bond donors (Lipinski definition) is 1. The van der Waals surface area contributed by atoms with E-state index in [9.17, 15) is 4.79 Å². The monoisotopic (exact) mass is 310 g/mol. The van der Waals surface area contributed by atoms with Gasteiger partial charge in [0.25, 0.3) is 0 Å². The Labute approximate surface area is 131 Å². The fourth-order valence-corrected chi connectivity index (χ4v) is 3.59. The van der Waals surface area contributed by atoms with E-state index in [1.54, 1.807) is 7.11 Å². The van der Waals surface area contributed by atoms with Crippen LogP contribution in [0.1, 0.15) is 31.1 Å². The number of methoxy groups -OCH3 is 1. The van der Waals surface area contributed by atoms with Crippen molar-refractivity contribution in [3.05, 3.63) is 22.4 Å². The summed E-state index contributed by atoms with van der Waals surface area (Å²) in [4.78, 5) is 15.7. The molecule has 4 nitrogen and oxygen atoms in total. The number of piperidine rings is 1. The maximum Gasteiger partial charge on any atom is 0.220 e. The van der Waals surface area contributed by atoms with Crippen molar-refractivity contribution in [2.75, 3.05) is 33.4 Å². The Morgan fingerprint density at radius 2 is 2.24 bits per heavy atom. The Bertz CT molecular complexity index is 425. The van der Waals surface area contributed by atoms with Crippen LogP contribution in [0.15, 0.2) is 17.5 Å². The number of carbonyl (C=O) groups excluding carboxylic acids is 1. The van der Waals surface area contributed by atoms with Gasteiger partial charge in [0.1, 0.15) is 0 Å². The van der Waals surface area contributed by atoms with Gasteiger partial charge in [-0.3, -0.25) is 4.79 Å². The largest absolute Gasteiger partial charge is 0.382 e. The van der Waals surface area contributed by atoms with E-state index >= 15 is 0 Å². The average molecular weight is 310 g/mol. The van der Waals surface area contributed by atoms with Crippen LogP contribution in [-0.2, 0) is 16.0 Å². The molecule has 0 saturated carbocycles. The molecule has 118 valence electrons. The Hall–Kier alpha value is -0.910. The zero-order valence-electron chi connectivity index (χ0n) is 13.1. The van der Waals surface area contributed by atoms with E-state index in [4.69, 9.17) is 4.74 Å². The summed E-state index contributed by atoms with van der Waals surface area (Å²) in [7, 11) is 1.71. The summed E-state index contributed by atoms with van der Waals surface area (Å²) >= 11 is 1.83. The first kappa shape index (κ1) is 16.5. The van der Waals surface area contributed by atoms with E-state index in [1.165, 1.54) is 4.88 Å². The molecule has 0 unspecified atom stereocenters. The molecule has 0 bridgehead atoms. The zero-order valence-corrected chi connectivity index (χ0v) is 13.9. The van der Waals surface area contributed by atoms with Gasteiger partial charge in [-0.15, -0.1) is 11.3 Å². The Morgan fingerprint density at radius 3 is 2.81 bits per heavy atom. The molecule has 2 heterocycles. The first-order valence-corrected chi connectivity index (χ1v) is 8.60.